The van der Waals surface area contributed by atoms with Gasteiger partial charge in [-0.15, -0.1) is 32.9 Å². The number of hydrogen-bond acceptors (Lipinski definition) is 14. The quantitative estimate of drug-likeness (QED) is 0.0643. The fraction of sp³-hybridized carbons (Fsp3) is 0.241. The summed E-state index contributed by atoms with van der Waals surface area (Å²) in [5.74, 6) is -0.443. The first-order valence-electron chi connectivity index (χ1n) is 24.3. The summed E-state index contributed by atoms with van der Waals surface area (Å²) in [6, 6.07) is 33.7. The van der Waals surface area contributed by atoms with Crippen molar-refractivity contribution in [3.8, 4) is 38.9 Å². The number of amides is 3. The number of likely N-dealkylation sites (tertiary alicyclic amines) is 1. The van der Waals surface area contributed by atoms with Crippen LogP contribution in [-0.4, -0.2) is 92.0 Å². The molecule has 0 spiro atoms. The van der Waals surface area contributed by atoms with E-state index in [-0.39, 0.29) is 66.5 Å². The zero-order chi connectivity index (χ0) is 52.1. The Labute approximate surface area is 437 Å². The molecule has 4 aromatic carbocycles. The second kappa shape index (κ2) is 21.9. The average molecular weight is 1040 g/mol. The number of aryl methyl sites for hydroxylation is 1. The molecule has 5 aromatic heterocycles. The number of nitrogens with zero attached hydrogens (tertiary/aromatic N) is 10. The first kappa shape index (κ1) is 50.0. The minimum absolute atomic E-state index is 0.0339. The molecular weight excluding hydrogens is 991 g/mol. The van der Waals surface area contributed by atoms with E-state index in [2.05, 4.69) is 41.0 Å². The third-order valence-electron chi connectivity index (χ3n) is 13.2. The normalized spacial score (nSPS) is 13.8. The summed E-state index contributed by atoms with van der Waals surface area (Å²) >= 11 is 2.58. The summed E-state index contributed by atoms with van der Waals surface area (Å²) in [7, 11) is 1.74. The smallest absolute Gasteiger partial charge is 0.301 e. The van der Waals surface area contributed by atoms with Crippen LogP contribution in [0.3, 0.4) is 0 Å². The van der Waals surface area contributed by atoms with E-state index in [1.54, 1.807) is 52.5 Å². The minimum atomic E-state index is -1.18. The van der Waals surface area contributed by atoms with Gasteiger partial charge < -0.3 is 20.6 Å². The Morgan fingerprint density at radius 2 is 1.55 bits per heavy atom. The van der Waals surface area contributed by atoms with Crippen LogP contribution in [0.15, 0.2) is 152 Å². The maximum atomic E-state index is 13.7. The van der Waals surface area contributed by atoms with Crippen LogP contribution in [0.2, 0.25) is 0 Å². The molecule has 9 aromatic rings. The highest BCUT2D eigenvalue weighted by atomic mass is 32.1. The van der Waals surface area contributed by atoms with Gasteiger partial charge in [0.05, 0.1) is 35.6 Å². The largest absolute Gasteiger partial charge is 0.388 e. The topological polar surface area (TPSA) is 240 Å². The zero-order valence-electron chi connectivity index (χ0n) is 40.9. The molecule has 0 unspecified atom stereocenters. The lowest BCUT2D eigenvalue weighted by Crippen LogP contribution is -2.49. The van der Waals surface area contributed by atoms with E-state index in [1.807, 2.05) is 97.2 Å². The second-order valence-corrected chi connectivity index (χ2v) is 20.1. The van der Waals surface area contributed by atoms with Crippen LogP contribution in [-0.2, 0) is 29.7 Å². The Kier molecular flexibility index (Phi) is 14.6. The summed E-state index contributed by atoms with van der Waals surface area (Å²) in [4.78, 5) is 81.6. The fourth-order valence-electron chi connectivity index (χ4n) is 9.04. The van der Waals surface area contributed by atoms with Gasteiger partial charge in [-0.1, -0.05) is 104 Å². The molecule has 0 radical (unpaired) electrons. The Morgan fingerprint density at radius 3 is 2.27 bits per heavy atom. The lowest BCUT2D eigenvalue weighted by atomic mass is 9.90. The number of rotatable bonds is 17. The molecular formula is C54H51N13O6S2. The molecule has 0 bridgehead atoms. The number of carbonyl (C=O) groups is 3. The van der Waals surface area contributed by atoms with Crippen LogP contribution in [0.5, 0.6) is 0 Å². The van der Waals surface area contributed by atoms with Crippen molar-refractivity contribution in [3.63, 3.8) is 0 Å². The third kappa shape index (κ3) is 11.2. The molecule has 19 nitrogen and oxygen atoms in total. The molecule has 10 rings (SSSR count). The van der Waals surface area contributed by atoms with Gasteiger partial charge in [0.25, 0.3) is 11.5 Å². The molecule has 1 aliphatic rings. The maximum absolute atomic E-state index is 13.7. The molecule has 1 atom stereocenters. The number of H-pyrrole nitrogens is 1. The van der Waals surface area contributed by atoms with E-state index in [0.717, 1.165) is 27.8 Å². The number of fused-ring (bicyclic) bond motifs is 1. The number of piperidine rings is 1. The van der Waals surface area contributed by atoms with Crippen molar-refractivity contribution in [3.05, 3.63) is 170 Å². The Morgan fingerprint density at radius 1 is 0.827 bits per heavy atom. The first-order chi connectivity index (χ1) is 36.4. The summed E-state index contributed by atoms with van der Waals surface area (Å²) < 4.78 is 4.35. The van der Waals surface area contributed by atoms with Crippen molar-refractivity contribution in [1.82, 2.24) is 54.6 Å². The van der Waals surface area contributed by atoms with Gasteiger partial charge in [-0.3, -0.25) is 38.3 Å². The first-order valence-corrected chi connectivity index (χ1v) is 26.0. The number of hydrogen-bond donors (Lipinski definition) is 4. The maximum Gasteiger partial charge on any atom is 0.301 e. The molecule has 1 fully saturated rings. The van der Waals surface area contributed by atoms with Crippen molar-refractivity contribution in [1.29, 1.82) is 0 Å². The van der Waals surface area contributed by atoms with Gasteiger partial charge >= 0.3 is 5.56 Å². The van der Waals surface area contributed by atoms with Crippen molar-refractivity contribution in [2.75, 3.05) is 19.6 Å². The molecule has 75 heavy (non-hydrogen) atoms. The summed E-state index contributed by atoms with van der Waals surface area (Å²) in [6.07, 6.45) is 4.18. The highest BCUT2D eigenvalue weighted by Crippen LogP contribution is 2.32. The number of azo groups is 1. The van der Waals surface area contributed by atoms with Gasteiger partial charge in [0.15, 0.2) is 11.2 Å². The van der Waals surface area contributed by atoms with Gasteiger partial charge in [-0.2, -0.15) is 9.78 Å². The van der Waals surface area contributed by atoms with Crippen LogP contribution < -0.4 is 21.8 Å². The highest BCUT2D eigenvalue weighted by molar-refractivity contribution is 7.13. The molecule has 1 saturated heterocycles. The zero-order valence-corrected chi connectivity index (χ0v) is 42.6. The number of thiazole rings is 2. The van der Waals surface area contributed by atoms with E-state index in [0.29, 0.717) is 70.8 Å². The molecule has 4 N–H and O–H groups in total. The van der Waals surface area contributed by atoms with E-state index in [4.69, 9.17) is 4.98 Å². The predicted molar refractivity (Wildman–Crippen MR) is 286 cm³/mol. The van der Waals surface area contributed by atoms with Crippen molar-refractivity contribution in [2.45, 2.75) is 57.2 Å². The van der Waals surface area contributed by atoms with E-state index < -0.39 is 11.2 Å². The van der Waals surface area contributed by atoms with Gasteiger partial charge in [0, 0.05) is 85.3 Å². The number of benzene rings is 4. The molecule has 0 aliphatic carbocycles. The summed E-state index contributed by atoms with van der Waals surface area (Å²) in [5, 5.41) is 37.8. The molecule has 1 aliphatic heterocycles. The van der Waals surface area contributed by atoms with E-state index in [9.17, 15) is 29.1 Å². The van der Waals surface area contributed by atoms with Gasteiger partial charge in [-0.05, 0) is 42.0 Å². The van der Waals surface area contributed by atoms with Crippen LogP contribution in [0.4, 0.5) is 10.8 Å². The second-order valence-electron chi connectivity index (χ2n) is 18.4. The average Bonchev–Trinajstić information content (AvgIpc) is 4.27. The van der Waals surface area contributed by atoms with Crippen molar-refractivity contribution < 1.29 is 19.5 Å². The van der Waals surface area contributed by atoms with Crippen molar-refractivity contribution in [2.24, 2.45) is 17.3 Å². The van der Waals surface area contributed by atoms with Crippen LogP contribution in [0.25, 0.3) is 49.9 Å². The predicted octanol–water partition coefficient (Wildman–Crippen LogP) is 7.92. The van der Waals surface area contributed by atoms with Crippen LogP contribution in [0.1, 0.15) is 60.0 Å². The minimum Gasteiger partial charge on any atom is -0.388 e. The van der Waals surface area contributed by atoms with Crippen LogP contribution >= 0.6 is 22.7 Å². The molecule has 6 heterocycles. The molecule has 380 valence electrons. The van der Waals surface area contributed by atoms with Gasteiger partial charge in [-0.25, -0.2) is 15.0 Å². The number of aromatic amines is 1. The Hall–Kier alpha value is -8.53. The molecule has 21 heteroatoms. The molecule has 0 saturated carbocycles. The highest BCUT2D eigenvalue weighted by Gasteiger charge is 2.35. The van der Waals surface area contributed by atoms with Gasteiger partial charge in [0.2, 0.25) is 22.1 Å². The van der Waals surface area contributed by atoms with E-state index >= 15 is 0 Å². The number of carbonyl (C=O) groups excluding carboxylic acids is 3. The van der Waals surface area contributed by atoms with Crippen molar-refractivity contribution >= 4 is 62.2 Å². The Bertz CT molecular complexity index is 3630. The number of aromatic nitrogens is 8. The Balaban J connectivity index is 0.693. The number of aliphatic hydroxyl groups is 1. The lowest BCUT2D eigenvalue weighted by molar-refractivity contribution is -0.136. The fourth-order valence-corrected chi connectivity index (χ4v) is 10.3. The van der Waals surface area contributed by atoms with Crippen LogP contribution in [0, 0.1) is 0 Å². The van der Waals surface area contributed by atoms with E-state index in [1.165, 1.54) is 38.2 Å². The standard InChI is InChI=1S/C54H51N13O6S2/c1-34(36-9-5-3-6-10-36)29-43(69)65-26-22-54(73,23-27-65)32-66-33-58-45-47(50(66)71)62-64(2)48(45)39-15-13-35(14-16-39)30-57-42(68)21-24-55-49(70)40-19-17-37(18-20-40)41-31-75-53(59-41)67-51(72)46(60-61-52-56-25-28-74-52)44(63-67)38-11-7-4-8-12-38/h3-20,25,28,31,33-34,63,73H,21-24,26-27,29-30,32H2,1-2H3,(H,55,70)(H,57,68)/t34-/m1/s1. The SMILES string of the molecule is C[C@H](CC(=O)N1CCC(O)(Cn2cnc3c(-c4ccc(CNC(=O)CCNC(=O)c5ccc(-c6csc(-n7[nH]c(-c8ccccc8)c(N=Nc8nccs8)c7=O)n6)cc5)cc4)n(C)nc3c2=O)CC1)c1ccccc1. The third-order valence-corrected chi connectivity index (χ3v) is 14.7. The number of nitrogens with one attached hydrogen (secondary N) is 3. The monoisotopic (exact) mass is 1040 g/mol. The molecule has 3 amide bonds. The lowest BCUT2D eigenvalue weighted by Gasteiger charge is -2.38. The summed E-state index contributed by atoms with van der Waals surface area (Å²) in [6.45, 7) is 3.25. The summed E-state index contributed by atoms with van der Waals surface area (Å²) in [5.41, 5.74) is 5.15. The van der Waals surface area contributed by atoms with Gasteiger partial charge in [0.1, 0.15) is 5.52 Å².